The van der Waals surface area contributed by atoms with E-state index in [1.165, 1.54) is 0 Å². The van der Waals surface area contributed by atoms with Crippen molar-refractivity contribution in [3.8, 4) is 5.75 Å². The van der Waals surface area contributed by atoms with E-state index >= 15 is 0 Å². The summed E-state index contributed by atoms with van der Waals surface area (Å²) in [6, 6.07) is 12.0. The van der Waals surface area contributed by atoms with Gasteiger partial charge in [-0.3, -0.25) is 9.59 Å². The van der Waals surface area contributed by atoms with E-state index in [0.717, 1.165) is 34.9 Å². The molecule has 1 saturated heterocycles. The van der Waals surface area contributed by atoms with Gasteiger partial charge >= 0.3 is 5.97 Å². The molecule has 1 aliphatic rings. The van der Waals surface area contributed by atoms with E-state index in [4.69, 9.17) is 4.74 Å². The normalized spacial score (nSPS) is 17.2. The molecule has 0 aromatic heterocycles. The highest BCUT2D eigenvalue weighted by atomic mass is 16.5. The van der Waals surface area contributed by atoms with Crippen LogP contribution in [0.1, 0.15) is 31.7 Å². The van der Waals surface area contributed by atoms with Crippen LogP contribution in [0, 0.1) is 5.92 Å². The number of hydrogen-bond donors (Lipinski definition) is 1. The fourth-order valence-corrected chi connectivity index (χ4v) is 3.22. The average Bonchev–Trinajstić information content (AvgIpc) is 2.98. The molecule has 0 unspecified atom stereocenters. The Balaban J connectivity index is 1.91. The lowest BCUT2D eigenvalue weighted by Crippen LogP contribution is -2.26. The highest BCUT2D eigenvalue weighted by Gasteiger charge is 2.34. The van der Waals surface area contributed by atoms with Crippen LogP contribution in [0.2, 0.25) is 0 Å². The summed E-state index contributed by atoms with van der Waals surface area (Å²) in [5, 5.41) is 11.3. The summed E-state index contributed by atoms with van der Waals surface area (Å²) >= 11 is 0. The number of carbonyl (C=O) groups is 2. The van der Waals surface area contributed by atoms with E-state index in [9.17, 15) is 14.7 Å². The van der Waals surface area contributed by atoms with Crippen molar-refractivity contribution in [3.05, 3.63) is 42.0 Å². The van der Waals surface area contributed by atoms with Crippen molar-refractivity contribution in [2.45, 2.75) is 32.7 Å². The Kier molecular flexibility index (Phi) is 5.22. The second-order valence-corrected chi connectivity index (χ2v) is 6.48. The maximum Gasteiger partial charge on any atom is 0.308 e. The third-order valence-corrected chi connectivity index (χ3v) is 4.67. The zero-order valence-electron chi connectivity index (χ0n) is 14.4. The molecular weight excluding hydrogens is 318 g/mol. The Bertz CT molecular complexity index is 786. The van der Waals surface area contributed by atoms with Gasteiger partial charge in [-0.15, -0.1) is 0 Å². The van der Waals surface area contributed by atoms with Crippen LogP contribution >= 0.6 is 0 Å². The monoisotopic (exact) mass is 341 g/mol. The molecule has 5 heteroatoms. The third-order valence-electron chi connectivity index (χ3n) is 4.67. The standard InChI is InChI=1S/C20H23NO4/c1-2-3-10-25-18-9-8-14-6-4-5-7-16(14)17(18)13-21-12-15(20(23)24)11-19(21)22/h4-9,15H,2-3,10-13H2,1H3,(H,23,24)/t15-/m0/s1. The fourth-order valence-electron chi connectivity index (χ4n) is 3.22. The number of ether oxygens (including phenoxy) is 1. The van der Waals surface area contributed by atoms with Gasteiger partial charge in [0.25, 0.3) is 0 Å². The summed E-state index contributed by atoms with van der Waals surface area (Å²) in [6.45, 7) is 3.38. The summed E-state index contributed by atoms with van der Waals surface area (Å²) in [5.74, 6) is -0.862. The van der Waals surface area contributed by atoms with Gasteiger partial charge in [0, 0.05) is 25.1 Å². The zero-order chi connectivity index (χ0) is 17.8. The number of nitrogens with zero attached hydrogens (tertiary/aromatic N) is 1. The van der Waals surface area contributed by atoms with Crippen molar-refractivity contribution in [1.82, 2.24) is 4.90 Å². The lowest BCUT2D eigenvalue weighted by Gasteiger charge is -2.20. The highest BCUT2D eigenvalue weighted by molar-refractivity contribution is 5.89. The van der Waals surface area contributed by atoms with Gasteiger partial charge in [-0.25, -0.2) is 0 Å². The van der Waals surface area contributed by atoms with E-state index < -0.39 is 11.9 Å². The van der Waals surface area contributed by atoms with Crippen LogP contribution in [0.15, 0.2) is 36.4 Å². The molecule has 2 aromatic carbocycles. The number of carboxylic acid groups (broad SMARTS) is 1. The molecule has 5 nitrogen and oxygen atoms in total. The number of aliphatic carboxylic acids is 1. The molecule has 25 heavy (non-hydrogen) atoms. The first-order chi connectivity index (χ1) is 12.1. The largest absolute Gasteiger partial charge is 0.493 e. The molecule has 0 radical (unpaired) electrons. The highest BCUT2D eigenvalue weighted by Crippen LogP contribution is 2.31. The van der Waals surface area contributed by atoms with Gasteiger partial charge in [-0.2, -0.15) is 0 Å². The van der Waals surface area contributed by atoms with Crippen LogP contribution in [0.3, 0.4) is 0 Å². The minimum Gasteiger partial charge on any atom is -0.493 e. The molecule has 0 bridgehead atoms. The number of likely N-dealkylation sites (tertiary alicyclic amines) is 1. The van der Waals surface area contributed by atoms with Crippen molar-refractivity contribution in [2.75, 3.05) is 13.2 Å². The van der Waals surface area contributed by atoms with Crippen LogP contribution < -0.4 is 4.74 Å². The van der Waals surface area contributed by atoms with Gasteiger partial charge < -0.3 is 14.7 Å². The molecule has 0 spiro atoms. The molecule has 1 N–H and O–H groups in total. The molecule has 1 heterocycles. The minimum absolute atomic E-state index is 0.0755. The van der Waals surface area contributed by atoms with Crippen molar-refractivity contribution >= 4 is 22.6 Å². The SMILES string of the molecule is CCCCOc1ccc2ccccc2c1CN1C[C@@H](C(=O)O)CC1=O. The van der Waals surface area contributed by atoms with E-state index in [2.05, 4.69) is 6.92 Å². The maximum atomic E-state index is 12.2. The molecule has 1 aliphatic heterocycles. The van der Waals surface area contributed by atoms with E-state index in [1.807, 2.05) is 36.4 Å². The topological polar surface area (TPSA) is 66.8 Å². The summed E-state index contributed by atoms with van der Waals surface area (Å²) in [6.07, 6.45) is 2.09. The molecule has 1 amide bonds. The van der Waals surface area contributed by atoms with Crippen LogP contribution in [0.4, 0.5) is 0 Å². The number of hydrogen-bond acceptors (Lipinski definition) is 3. The van der Waals surface area contributed by atoms with Gasteiger partial charge in [0.2, 0.25) is 5.91 Å². The molecule has 1 fully saturated rings. The maximum absolute atomic E-state index is 12.2. The second kappa shape index (κ2) is 7.55. The summed E-state index contributed by atoms with van der Waals surface area (Å²) in [5.41, 5.74) is 0.952. The summed E-state index contributed by atoms with van der Waals surface area (Å²) in [4.78, 5) is 25.1. The Morgan fingerprint density at radius 2 is 2.08 bits per heavy atom. The van der Waals surface area contributed by atoms with Crippen LogP contribution in [0.5, 0.6) is 5.75 Å². The van der Waals surface area contributed by atoms with E-state index in [0.29, 0.717) is 13.2 Å². The number of amides is 1. The number of carbonyl (C=O) groups excluding carboxylic acids is 1. The predicted molar refractivity (Wildman–Crippen MR) is 95.5 cm³/mol. The van der Waals surface area contributed by atoms with Crippen LogP contribution in [-0.2, 0) is 16.1 Å². The first kappa shape index (κ1) is 17.3. The molecular formula is C20H23NO4. The number of carboxylic acids is 1. The molecule has 132 valence electrons. The first-order valence-electron chi connectivity index (χ1n) is 8.74. The van der Waals surface area contributed by atoms with Crippen molar-refractivity contribution in [2.24, 2.45) is 5.92 Å². The summed E-state index contributed by atoms with van der Waals surface area (Å²) < 4.78 is 5.95. The Hall–Kier alpha value is -2.56. The van der Waals surface area contributed by atoms with E-state index in [1.54, 1.807) is 4.90 Å². The van der Waals surface area contributed by atoms with Gasteiger partial charge in [0.1, 0.15) is 5.75 Å². The van der Waals surface area contributed by atoms with Gasteiger partial charge in [0.15, 0.2) is 0 Å². The molecule has 0 aliphatic carbocycles. The van der Waals surface area contributed by atoms with Gasteiger partial charge in [-0.05, 0) is 23.3 Å². The lowest BCUT2D eigenvalue weighted by molar-refractivity contribution is -0.141. The van der Waals surface area contributed by atoms with Crippen molar-refractivity contribution < 1.29 is 19.4 Å². The number of benzene rings is 2. The molecule has 2 aromatic rings. The lowest BCUT2D eigenvalue weighted by atomic mass is 10.0. The molecule has 1 atom stereocenters. The molecule has 3 rings (SSSR count). The quantitative estimate of drug-likeness (QED) is 0.783. The van der Waals surface area contributed by atoms with Crippen molar-refractivity contribution in [3.63, 3.8) is 0 Å². The first-order valence-corrected chi connectivity index (χ1v) is 8.74. The minimum atomic E-state index is -0.909. The predicted octanol–water partition coefficient (Wildman–Crippen LogP) is 3.45. The smallest absolute Gasteiger partial charge is 0.308 e. The zero-order valence-corrected chi connectivity index (χ0v) is 14.4. The van der Waals surface area contributed by atoms with E-state index in [-0.39, 0.29) is 18.9 Å². The average molecular weight is 341 g/mol. The van der Waals surface area contributed by atoms with Gasteiger partial charge in [-0.1, -0.05) is 43.7 Å². The summed E-state index contributed by atoms with van der Waals surface area (Å²) in [7, 11) is 0. The Morgan fingerprint density at radius 1 is 1.28 bits per heavy atom. The number of fused-ring (bicyclic) bond motifs is 1. The third kappa shape index (κ3) is 3.76. The van der Waals surface area contributed by atoms with Crippen LogP contribution in [0.25, 0.3) is 10.8 Å². The Morgan fingerprint density at radius 3 is 2.80 bits per heavy atom. The van der Waals surface area contributed by atoms with Crippen molar-refractivity contribution in [1.29, 1.82) is 0 Å². The second-order valence-electron chi connectivity index (χ2n) is 6.48. The number of rotatable bonds is 7. The molecule has 0 saturated carbocycles. The van der Waals surface area contributed by atoms with Gasteiger partial charge in [0.05, 0.1) is 12.5 Å². The Labute approximate surface area is 147 Å². The fraction of sp³-hybridized carbons (Fsp3) is 0.400. The number of unbranched alkanes of at least 4 members (excludes halogenated alkanes) is 1. The van der Waals surface area contributed by atoms with Crippen LogP contribution in [-0.4, -0.2) is 35.0 Å².